The van der Waals surface area contributed by atoms with Crippen molar-refractivity contribution in [1.29, 1.82) is 0 Å². The van der Waals surface area contributed by atoms with Gasteiger partial charge in [-0.25, -0.2) is 0 Å². The van der Waals surface area contributed by atoms with E-state index in [1.807, 2.05) is 30.3 Å². The third-order valence-corrected chi connectivity index (χ3v) is 2.40. The van der Waals surface area contributed by atoms with E-state index in [9.17, 15) is 13.2 Å². The van der Waals surface area contributed by atoms with Gasteiger partial charge in [-0.15, -0.1) is 13.2 Å². The van der Waals surface area contributed by atoms with Crippen LogP contribution >= 0.6 is 0 Å². The summed E-state index contributed by atoms with van der Waals surface area (Å²) in [5.41, 5.74) is 1.62. The molecule has 0 aliphatic rings. The average molecular weight is 267 g/mol. The summed E-state index contributed by atoms with van der Waals surface area (Å²) < 4.78 is 40.1. The Morgan fingerprint density at radius 1 is 0.947 bits per heavy atom. The van der Waals surface area contributed by atoms with Crippen LogP contribution in [0.25, 0.3) is 0 Å². The Bertz CT molecular complexity index is 526. The number of halogens is 3. The van der Waals surface area contributed by atoms with Crippen LogP contribution in [0.4, 0.5) is 18.9 Å². The van der Waals surface area contributed by atoms with Crippen molar-refractivity contribution in [3.8, 4) is 5.75 Å². The van der Waals surface area contributed by atoms with Crippen molar-refractivity contribution in [3.63, 3.8) is 0 Å². The van der Waals surface area contributed by atoms with Gasteiger partial charge in [-0.2, -0.15) is 0 Å². The van der Waals surface area contributed by atoms with Crippen LogP contribution in [0.3, 0.4) is 0 Å². The Balaban J connectivity index is 1.99. The van der Waals surface area contributed by atoms with Gasteiger partial charge in [-0.1, -0.05) is 30.3 Å². The van der Waals surface area contributed by atoms with Gasteiger partial charge in [0.15, 0.2) is 0 Å². The first-order valence-electron chi connectivity index (χ1n) is 5.66. The summed E-state index contributed by atoms with van der Waals surface area (Å²) in [6.45, 7) is 0.430. The molecule has 19 heavy (non-hydrogen) atoms. The number of anilines is 1. The molecule has 0 spiro atoms. The molecule has 2 aromatic rings. The minimum absolute atomic E-state index is 0.208. The Hall–Kier alpha value is -2.17. The molecule has 2 nitrogen and oxygen atoms in total. The molecule has 0 bridgehead atoms. The first-order valence-corrected chi connectivity index (χ1v) is 5.66. The molecule has 5 heteroatoms. The number of hydrogen-bond donors (Lipinski definition) is 1. The molecule has 2 rings (SSSR count). The van der Waals surface area contributed by atoms with Crippen LogP contribution < -0.4 is 10.1 Å². The van der Waals surface area contributed by atoms with Crippen LogP contribution in [-0.4, -0.2) is 6.36 Å². The summed E-state index contributed by atoms with van der Waals surface area (Å²) >= 11 is 0. The summed E-state index contributed by atoms with van der Waals surface area (Å²) in [5, 5.41) is 3.11. The van der Waals surface area contributed by atoms with Gasteiger partial charge in [0.1, 0.15) is 5.75 Å². The number of hydrogen-bond acceptors (Lipinski definition) is 2. The first kappa shape index (κ1) is 13.3. The molecule has 0 heterocycles. The number of nitrogens with one attached hydrogen (secondary N) is 1. The van der Waals surface area contributed by atoms with Crippen molar-refractivity contribution in [2.24, 2.45) is 0 Å². The van der Waals surface area contributed by atoms with Gasteiger partial charge in [0.05, 0.1) is 0 Å². The van der Waals surface area contributed by atoms with Crippen molar-refractivity contribution in [2.75, 3.05) is 5.32 Å². The Morgan fingerprint density at radius 3 is 2.37 bits per heavy atom. The zero-order valence-corrected chi connectivity index (χ0v) is 9.95. The highest BCUT2D eigenvalue weighted by atomic mass is 19.4. The lowest BCUT2D eigenvalue weighted by Gasteiger charge is -2.11. The number of benzene rings is 2. The number of rotatable bonds is 4. The summed E-state index contributed by atoms with van der Waals surface area (Å²) in [6.07, 6.45) is -4.66. The van der Waals surface area contributed by atoms with E-state index in [-0.39, 0.29) is 5.75 Å². The molecule has 0 amide bonds. The molecule has 0 saturated carbocycles. The van der Waals surface area contributed by atoms with Crippen LogP contribution in [0.1, 0.15) is 5.56 Å². The van der Waals surface area contributed by atoms with Gasteiger partial charge in [0, 0.05) is 12.2 Å². The van der Waals surface area contributed by atoms with E-state index in [1.54, 1.807) is 6.07 Å². The Kier molecular flexibility index (Phi) is 3.94. The third-order valence-electron chi connectivity index (χ3n) is 2.40. The molecule has 0 unspecified atom stereocenters. The molecule has 0 aliphatic heterocycles. The molecule has 0 aliphatic carbocycles. The van der Waals surface area contributed by atoms with Gasteiger partial charge in [0.2, 0.25) is 0 Å². The molecule has 0 saturated heterocycles. The predicted octanol–water partition coefficient (Wildman–Crippen LogP) is 4.20. The van der Waals surface area contributed by atoms with Gasteiger partial charge in [0.25, 0.3) is 0 Å². The molecule has 100 valence electrons. The maximum absolute atomic E-state index is 12.1. The summed E-state index contributed by atoms with van der Waals surface area (Å²) in [7, 11) is 0. The fourth-order valence-electron chi connectivity index (χ4n) is 1.61. The molecule has 0 radical (unpaired) electrons. The van der Waals surface area contributed by atoms with Crippen LogP contribution in [0.15, 0.2) is 54.6 Å². The van der Waals surface area contributed by atoms with Gasteiger partial charge < -0.3 is 10.1 Å². The summed E-state index contributed by atoms with van der Waals surface area (Å²) in [5.74, 6) is -0.208. The van der Waals surface area contributed by atoms with E-state index < -0.39 is 6.36 Å². The van der Waals surface area contributed by atoms with Crippen LogP contribution in [0, 0.1) is 0 Å². The van der Waals surface area contributed by atoms with E-state index >= 15 is 0 Å². The molecular formula is C14H12F3NO. The summed E-state index contributed by atoms with van der Waals surface area (Å²) in [4.78, 5) is 0. The van der Waals surface area contributed by atoms with E-state index in [0.29, 0.717) is 12.1 Å². The Labute approximate surface area is 108 Å². The second-order valence-corrected chi connectivity index (χ2v) is 3.91. The zero-order chi connectivity index (χ0) is 13.7. The minimum atomic E-state index is -4.66. The van der Waals surface area contributed by atoms with E-state index in [0.717, 1.165) is 5.69 Å². The quantitative estimate of drug-likeness (QED) is 0.896. The molecule has 2 aromatic carbocycles. The highest BCUT2D eigenvalue weighted by molar-refractivity contribution is 5.43. The topological polar surface area (TPSA) is 21.3 Å². The van der Waals surface area contributed by atoms with Crippen molar-refractivity contribution in [3.05, 3.63) is 60.2 Å². The normalized spacial score (nSPS) is 11.1. The molecule has 0 aromatic heterocycles. The van der Waals surface area contributed by atoms with E-state index in [2.05, 4.69) is 10.1 Å². The van der Waals surface area contributed by atoms with Crippen molar-refractivity contribution < 1.29 is 17.9 Å². The second kappa shape index (κ2) is 5.65. The standard InChI is InChI=1S/C14H12F3NO/c15-14(16,17)19-13-8-4-5-11(9-13)10-18-12-6-2-1-3-7-12/h1-9,18H,10H2. The molecule has 1 N–H and O–H groups in total. The third kappa shape index (κ3) is 4.54. The van der Waals surface area contributed by atoms with E-state index in [4.69, 9.17) is 0 Å². The van der Waals surface area contributed by atoms with Gasteiger partial charge in [-0.05, 0) is 29.8 Å². The lowest BCUT2D eigenvalue weighted by Crippen LogP contribution is -2.17. The summed E-state index contributed by atoms with van der Waals surface area (Å²) in [6, 6.07) is 15.3. The van der Waals surface area contributed by atoms with Crippen LogP contribution in [0.2, 0.25) is 0 Å². The lowest BCUT2D eigenvalue weighted by atomic mass is 10.2. The SMILES string of the molecule is FC(F)(F)Oc1cccc(CNc2ccccc2)c1. The molecule has 0 fully saturated rings. The van der Waals surface area contributed by atoms with E-state index in [1.165, 1.54) is 18.2 Å². The number of ether oxygens (including phenoxy) is 1. The van der Waals surface area contributed by atoms with Crippen molar-refractivity contribution in [1.82, 2.24) is 0 Å². The minimum Gasteiger partial charge on any atom is -0.406 e. The van der Waals surface area contributed by atoms with Crippen molar-refractivity contribution >= 4 is 5.69 Å². The van der Waals surface area contributed by atoms with Crippen LogP contribution in [0.5, 0.6) is 5.75 Å². The fourth-order valence-corrected chi connectivity index (χ4v) is 1.61. The monoisotopic (exact) mass is 267 g/mol. The zero-order valence-electron chi connectivity index (χ0n) is 9.95. The maximum Gasteiger partial charge on any atom is 0.573 e. The Morgan fingerprint density at radius 2 is 1.68 bits per heavy atom. The average Bonchev–Trinajstić information content (AvgIpc) is 2.36. The van der Waals surface area contributed by atoms with Gasteiger partial charge in [-0.3, -0.25) is 0 Å². The fraction of sp³-hybridized carbons (Fsp3) is 0.143. The predicted molar refractivity (Wildman–Crippen MR) is 66.9 cm³/mol. The largest absolute Gasteiger partial charge is 0.573 e. The second-order valence-electron chi connectivity index (χ2n) is 3.91. The highest BCUT2D eigenvalue weighted by Crippen LogP contribution is 2.23. The van der Waals surface area contributed by atoms with Crippen LogP contribution in [-0.2, 0) is 6.54 Å². The maximum atomic E-state index is 12.1. The number of alkyl halides is 3. The number of para-hydroxylation sites is 1. The van der Waals surface area contributed by atoms with Gasteiger partial charge >= 0.3 is 6.36 Å². The molecular weight excluding hydrogens is 255 g/mol. The smallest absolute Gasteiger partial charge is 0.406 e. The first-order chi connectivity index (χ1) is 9.03. The highest BCUT2D eigenvalue weighted by Gasteiger charge is 2.31. The van der Waals surface area contributed by atoms with Crippen molar-refractivity contribution in [2.45, 2.75) is 12.9 Å². The lowest BCUT2D eigenvalue weighted by molar-refractivity contribution is -0.274. The molecule has 0 atom stereocenters.